The fourth-order valence-corrected chi connectivity index (χ4v) is 3.92. The van der Waals surface area contributed by atoms with Gasteiger partial charge in [0.05, 0.1) is 23.5 Å². The zero-order valence-corrected chi connectivity index (χ0v) is 20.3. The molecule has 0 amide bonds. The van der Waals surface area contributed by atoms with E-state index in [1.807, 2.05) is 13.0 Å². The minimum absolute atomic E-state index is 0.0821. The van der Waals surface area contributed by atoms with Crippen LogP contribution in [-0.4, -0.2) is 44.3 Å². The number of hydrogen-bond acceptors (Lipinski definition) is 8. The van der Waals surface area contributed by atoms with Gasteiger partial charge in [0.25, 0.3) is 0 Å². The molecule has 3 N–H and O–H groups in total. The fraction of sp³-hybridized carbons (Fsp3) is 0.391. The van der Waals surface area contributed by atoms with Gasteiger partial charge in [0.2, 0.25) is 5.95 Å². The molecule has 12 heteroatoms. The maximum absolute atomic E-state index is 12.9. The van der Waals surface area contributed by atoms with Gasteiger partial charge in [0.15, 0.2) is 0 Å². The molecule has 0 bridgehead atoms. The number of nitrogens with one attached hydrogen (secondary N) is 1. The summed E-state index contributed by atoms with van der Waals surface area (Å²) in [5, 5.41) is 23.2. The van der Waals surface area contributed by atoms with Crippen LogP contribution < -0.4 is 5.32 Å². The molecule has 188 valence electrons. The minimum atomic E-state index is -4.58. The van der Waals surface area contributed by atoms with Crippen LogP contribution in [0.25, 0.3) is 10.4 Å². The highest BCUT2D eigenvalue weighted by atomic mass is 32.1. The van der Waals surface area contributed by atoms with Gasteiger partial charge in [0.1, 0.15) is 16.3 Å². The molecule has 0 fully saturated rings. The van der Waals surface area contributed by atoms with E-state index in [9.17, 15) is 28.2 Å². The number of anilines is 2. The van der Waals surface area contributed by atoms with E-state index >= 15 is 0 Å². The van der Waals surface area contributed by atoms with Crippen LogP contribution in [0, 0.1) is 12.3 Å². The van der Waals surface area contributed by atoms with Gasteiger partial charge in [-0.3, -0.25) is 4.79 Å². The van der Waals surface area contributed by atoms with Crippen LogP contribution in [0.2, 0.25) is 0 Å². The second-order valence-electron chi connectivity index (χ2n) is 8.96. The van der Waals surface area contributed by atoms with Crippen molar-refractivity contribution in [2.45, 2.75) is 39.5 Å². The lowest BCUT2D eigenvalue weighted by Crippen LogP contribution is -2.34. The SMILES string of the molecule is Cc1cc(Nc2nccc(C(F)(F)F)n2)cc(-c2cnc(C(C)(O)COCC(C)(C)C(=O)O)s2)c1. The summed E-state index contributed by atoms with van der Waals surface area (Å²) in [5.41, 5.74) is -1.55. The molecule has 0 aliphatic carbocycles. The maximum atomic E-state index is 12.9. The van der Waals surface area contributed by atoms with Gasteiger partial charge in [-0.25, -0.2) is 15.0 Å². The van der Waals surface area contributed by atoms with Gasteiger partial charge in [-0.15, -0.1) is 11.3 Å². The van der Waals surface area contributed by atoms with E-state index in [2.05, 4.69) is 20.3 Å². The first kappa shape index (κ1) is 26.5. The van der Waals surface area contributed by atoms with E-state index in [1.54, 1.807) is 18.3 Å². The van der Waals surface area contributed by atoms with E-state index in [-0.39, 0.29) is 19.2 Å². The van der Waals surface area contributed by atoms with Crippen molar-refractivity contribution in [2.24, 2.45) is 5.41 Å². The van der Waals surface area contributed by atoms with Gasteiger partial charge < -0.3 is 20.3 Å². The molecule has 1 atom stereocenters. The quantitative estimate of drug-likeness (QED) is 0.368. The molecule has 35 heavy (non-hydrogen) atoms. The van der Waals surface area contributed by atoms with Gasteiger partial charge in [-0.05, 0) is 57.0 Å². The third-order valence-corrected chi connectivity index (χ3v) is 6.25. The monoisotopic (exact) mass is 510 g/mol. The summed E-state index contributed by atoms with van der Waals surface area (Å²) in [6.07, 6.45) is -1.97. The van der Waals surface area contributed by atoms with E-state index < -0.39 is 28.9 Å². The fourth-order valence-electron chi connectivity index (χ4n) is 2.99. The Morgan fingerprint density at radius 1 is 1.14 bits per heavy atom. The lowest BCUT2D eigenvalue weighted by molar-refractivity contribution is -0.152. The standard InChI is InChI=1S/C23H25F3N4O4S/c1-13-7-14(9-15(8-13)29-20-27-6-5-17(30-20)23(24,25)26)16-10-28-18(35-16)22(4,33)12-34-11-21(2,3)19(31)32/h5-10,33H,11-12H2,1-4H3,(H,31,32)(H,27,29,30). The zero-order valence-electron chi connectivity index (χ0n) is 19.5. The molecule has 2 aromatic heterocycles. The number of aryl methyl sites for hydroxylation is 1. The van der Waals surface area contributed by atoms with Gasteiger partial charge >= 0.3 is 12.1 Å². The van der Waals surface area contributed by atoms with Crippen molar-refractivity contribution in [3.63, 3.8) is 0 Å². The number of nitrogens with zero attached hydrogens (tertiary/aromatic N) is 3. The number of aliphatic carboxylic acids is 1. The molecule has 0 spiro atoms. The van der Waals surface area contributed by atoms with Crippen molar-refractivity contribution < 1.29 is 32.9 Å². The number of aromatic nitrogens is 3. The third kappa shape index (κ3) is 6.74. The molecular formula is C23H25F3N4O4S. The van der Waals surface area contributed by atoms with Crippen LogP contribution in [0.3, 0.4) is 0 Å². The predicted molar refractivity (Wildman–Crippen MR) is 124 cm³/mol. The highest BCUT2D eigenvalue weighted by molar-refractivity contribution is 7.15. The van der Waals surface area contributed by atoms with Crippen molar-refractivity contribution in [3.8, 4) is 10.4 Å². The van der Waals surface area contributed by atoms with Crippen LogP contribution in [-0.2, 0) is 21.3 Å². The normalized spacial score (nSPS) is 13.9. The van der Waals surface area contributed by atoms with Crippen molar-refractivity contribution >= 4 is 28.9 Å². The van der Waals surface area contributed by atoms with Gasteiger partial charge in [0, 0.05) is 18.1 Å². The smallest absolute Gasteiger partial charge is 0.433 e. The number of halogens is 3. The summed E-state index contributed by atoms with van der Waals surface area (Å²) in [7, 11) is 0. The summed E-state index contributed by atoms with van der Waals surface area (Å²) in [6.45, 7) is 6.18. The number of ether oxygens (including phenoxy) is 1. The average molecular weight is 511 g/mol. The number of carbonyl (C=O) groups is 1. The second kappa shape index (κ2) is 9.88. The van der Waals surface area contributed by atoms with Gasteiger partial charge in [-0.1, -0.05) is 6.07 Å². The van der Waals surface area contributed by atoms with Crippen LogP contribution >= 0.6 is 11.3 Å². The molecule has 1 unspecified atom stereocenters. The van der Waals surface area contributed by atoms with E-state index in [4.69, 9.17) is 4.74 Å². The molecule has 3 aromatic rings. The Morgan fingerprint density at radius 3 is 2.51 bits per heavy atom. The summed E-state index contributed by atoms with van der Waals surface area (Å²) < 4.78 is 44.3. The predicted octanol–water partition coefficient (Wildman–Crippen LogP) is 5.01. The van der Waals surface area contributed by atoms with Crippen LogP contribution in [0.15, 0.2) is 36.7 Å². The number of carboxylic acids is 1. The molecule has 3 rings (SSSR count). The number of rotatable bonds is 9. The molecule has 2 heterocycles. The van der Waals surface area contributed by atoms with E-state index in [0.29, 0.717) is 15.6 Å². The molecule has 1 aromatic carbocycles. The topological polar surface area (TPSA) is 117 Å². The first-order valence-electron chi connectivity index (χ1n) is 10.5. The Labute approximate surface area is 203 Å². The average Bonchev–Trinajstić information content (AvgIpc) is 3.24. The third-order valence-electron chi connectivity index (χ3n) is 4.96. The van der Waals surface area contributed by atoms with Gasteiger partial charge in [-0.2, -0.15) is 13.2 Å². The minimum Gasteiger partial charge on any atom is -0.481 e. The van der Waals surface area contributed by atoms with Crippen LogP contribution in [0.5, 0.6) is 0 Å². The number of alkyl halides is 3. The number of carboxylic acid groups (broad SMARTS) is 1. The zero-order chi connectivity index (χ0) is 26.0. The van der Waals surface area contributed by atoms with Crippen molar-refractivity contribution in [1.29, 1.82) is 0 Å². The summed E-state index contributed by atoms with van der Waals surface area (Å²) in [5.74, 6) is -1.20. The molecule has 0 saturated carbocycles. The second-order valence-corrected chi connectivity index (χ2v) is 9.99. The Hall–Kier alpha value is -3.09. The number of thiazole rings is 1. The maximum Gasteiger partial charge on any atom is 0.433 e. The van der Waals surface area contributed by atoms with Crippen LogP contribution in [0.4, 0.5) is 24.8 Å². The molecule has 0 radical (unpaired) electrons. The Balaban J connectivity index is 1.77. The molecule has 0 saturated heterocycles. The molecular weight excluding hydrogens is 485 g/mol. The summed E-state index contributed by atoms with van der Waals surface area (Å²) >= 11 is 1.22. The molecule has 0 aliphatic heterocycles. The van der Waals surface area contributed by atoms with Crippen LogP contribution in [0.1, 0.15) is 37.0 Å². The highest BCUT2D eigenvalue weighted by Gasteiger charge is 2.33. The number of hydrogen-bond donors (Lipinski definition) is 3. The van der Waals surface area contributed by atoms with E-state index in [1.165, 1.54) is 32.1 Å². The Bertz CT molecular complexity index is 1210. The lowest BCUT2D eigenvalue weighted by atomic mass is 9.95. The number of aliphatic hydroxyl groups is 1. The van der Waals surface area contributed by atoms with Crippen molar-refractivity contribution in [3.05, 3.63) is 52.9 Å². The molecule has 8 nitrogen and oxygen atoms in total. The van der Waals surface area contributed by atoms with E-state index in [0.717, 1.165) is 23.4 Å². The summed E-state index contributed by atoms with van der Waals surface area (Å²) in [4.78, 5) is 23.6. The number of benzene rings is 1. The Morgan fingerprint density at radius 2 is 1.86 bits per heavy atom. The highest BCUT2D eigenvalue weighted by Crippen LogP contribution is 2.35. The lowest BCUT2D eigenvalue weighted by Gasteiger charge is -2.24. The Kier molecular flexibility index (Phi) is 7.48. The molecule has 0 aliphatic rings. The van der Waals surface area contributed by atoms with Crippen molar-refractivity contribution in [2.75, 3.05) is 18.5 Å². The largest absolute Gasteiger partial charge is 0.481 e. The van der Waals surface area contributed by atoms with Crippen molar-refractivity contribution in [1.82, 2.24) is 15.0 Å². The summed E-state index contributed by atoms with van der Waals surface area (Å²) in [6, 6.07) is 6.12. The first-order chi connectivity index (χ1) is 16.2. The first-order valence-corrected chi connectivity index (χ1v) is 11.3.